The molecule has 4 heterocycles. The number of benzene rings is 1. The second-order valence-electron chi connectivity index (χ2n) is 8.86. The Kier molecular flexibility index (Phi) is 6.23. The molecule has 0 aliphatic carbocycles. The van der Waals surface area contributed by atoms with Crippen LogP contribution in [-0.2, 0) is 25.6 Å². The summed E-state index contributed by atoms with van der Waals surface area (Å²) in [6, 6.07) is 7.15. The van der Waals surface area contributed by atoms with E-state index in [9.17, 15) is 9.59 Å². The summed E-state index contributed by atoms with van der Waals surface area (Å²) in [7, 11) is 4.62. The molecule has 1 aliphatic heterocycles. The monoisotopic (exact) mass is 519 g/mol. The first-order chi connectivity index (χ1) is 18.2. The van der Waals surface area contributed by atoms with Crippen LogP contribution in [0.4, 0.5) is 0 Å². The number of carbonyl (C=O) groups excluding carboxylic acids is 2. The summed E-state index contributed by atoms with van der Waals surface area (Å²) in [6.07, 6.45) is 6.66. The average Bonchev–Trinajstić information content (AvgIpc) is 3.50. The molecule has 0 amide bonds. The maximum Gasteiger partial charge on any atom is 0.348 e. The Hall–Kier alpha value is -4.87. The maximum atomic E-state index is 12.5. The fraction of sp³-hybridized carbons (Fsp3) is 0.269. The summed E-state index contributed by atoms with van der Waals surface area (Å²) in [5.74, 6) is -1.36. The summed E-state index contributed by atoms with van der Waals surface area (Å²) >= 11 is 0. The molecule has 4 aromatic rings. The number of rotatable bonds is 7. The number of fused-ring (bicyclic) bond motifs is 1. The van der Waals surface area contributed by atoms with Crippen molar-refractivity contribution in [3.63, 3.8) is 0 Å². The highest BCUT2D eigenvalue weighted by molar-refractivity contribution is 6.19. The summed E-state index contributed by atoms with van der Waals surface area (Å²) in [5.41, 5.74) is 2.35. The molecule has 0 bridgehead atoms. The van der Waals surface area contributed by atoms with Crippen LogP contribution in [0, 0.1) is 0 Å². The van der Waals surface area contributed by atoms with Crippen molar-refractivity contribution in [2.45, 2.75) is 26.2 Å². The van der Waals surface area contributed by atoms with Crippen molar-refractivity contribution in [1.29, 1.82) is 0 Å². The van der Waals surface area contributed by atoms with Gasteiger partial charge < -0.3 is 28.3 Å². The fourth-order valence-electron chi connectivity index (χ4n) is 4.19. The fourth-order valence-corrected chi connectivity index (χ4v) is 4.19. The molecule has 12 nitrogen and oxygen atoms in total. The molecule has 196 valence electrons. The molecule has 0 atom stereocenters. The van der Waals surface area contributed by atoms with E-state index in [1.54, 1.807) is 55.7 Å². The van der Waals surface area contributed by atoms with Gasteiger partial charge in [-0.25, -0.2) is 19.3 Å². The third-order valence-electron chi connectivity index (χ3n) is 5.87. The van der Waals surface area contributed by atoms with Gasteiger partial charge in [0.05, 0.1) is 39.8 Å². The van der Waals surface area contributed by atoms with Crippen LogP contribution in [0.15, 0.2) is 48.4 Å². The Bertz CT molecular complexity index is 1540. The van der Waals surface area contributed by atoms with E-state index in [0.29, 0.717) is 46.4 Å². The van der Waals surface area contributed by atoms with Gasteiger partial charge in [0.1, 0.15) is 16.9 Å². The lowest BCUT2D eigenvalue weighted by Gasteiger charge is -2.29. The Morgan fingerprint density at radius 3 is 2.32 bits per heavy atom. The van der Waals surface area contributed by atoms with Gasteiger partial charge in [-0.3, -0.25) is 0 Å². The van der Waals surface area contributed by atoms with E-state index in [4.69, 9.17) is 23.7 Å². The van der Waals surface area contributed by atoms with Crippen molar-refractivity contribution in [3.05, 3.63) is 59.7 Å². The maximum absolute atomic E-state index is 12.5. The van der Waals surface area contributed by atoms with E-state index in [1.807, 2.05) is 10.6 Å². The third kappa shape index (κ3) is 4.51. The molecule has 3 aromatic heterocycles. The lowest BCUT2D eigenvalue weighted by molar-refractivity contribution is -0.222. The lowest BCUT2D eigenvalue weighted by Crippen LogP contribution is -2.41. The van der Waals surface area contributed by atoms with Crippen LogP contribution in [-0.4, -0.2) is 63.6 Å². The minimum atomic E-state index is -1.31. The summed E-state index contributed by atoms with van der Waals surface area (Å²) in [6.45, 7) is 3.32. The first-order valence-electron chi connectivity index (χ1n) is 11.6. The molecule has 1 aromatic carbocycles. The number of aromatic nitrogens is 5. The predicted molar refractivity (Wildman–Crippen MR) is 134 cm³/mol. The van der Waals surface area contributed by atoms with Gasteiger partial charge in [-0.05, 0) is 18.2 Å². The molecule has 0 radical (unpaired) electrons. The van der Waals surface area contributed by atoms with E-state index in [1.165, 1.54) is 27.0 Å². The Balaban J connectivity index is 1.48. The largest absolute Gasteiger partial charge is 0.493 e. The van der Waals surface area contributed by atoms with Crippen molar-refractivity contribution in [1.82, 2.24) is 24.5 Å². The van der Waals surface area contributed by atoms with Crippen LogP contribution in [0.25, 0.3) is 22.8 Å². The van der Waals surface area contributed by atoms with Gasteiger partial charge in [0.25, 0.3) is 5.79 Å². The number of methoxy groups -OCH3 is 3. The standard InChI is InChI=1S/C26H25N5O7/c1-26(2)37-24(32)19(25(33)38-26)9-15-12-30(23-18(15)7-6-8-27-23)13-16-14-31(29-28-16)17-10-20(34-3)22(36-5)21(11-17)35-4/h6-12,14H,13H2,1-5H3. The summed E-state index contributed by atoms with van der Waals surface area (Å²) in [5, 5.41) is 9.29. The zero-order valence-corrected chi connectivity index (χ0v) is 21.4. The second-order valence-corrected chi connectivity index (χ2v) is 8.86. The highest BCUT2D eigenvalue weighted by atomic mass is 16.7. The van der Waals surface area contributed by atoms with E-state index in [-0.39, 0.29) is 5.57 Å². The van der Waals surface area contributed by atoms with E-state index >= 15 is 0 Å². The van der Waals surface area contributed by atoms with Crippen LogP contribution < -0.4 is 14.2 Å². The number of pyridine rings is 1. The van der Waals surface area contributed by atoms with Crippen molar-refractivity contribution in [3.8, 4) is 22.9 Å². The van der Waals surface area contributed by atoms with E-state index < -0.39 is 17.7 Å². The normalized spacial score (nSPS) is 14.7. The second kappa shape index (κ2) is 9.54. The van der Waals surface area contributed by atoms with Crippen molar-refractivity contribution in [2.24, 2.45) is 0 Å². The minimum Gasteiger partial charge on any atom is -0.493 e. The number of hydrogen-bond donors (Lipinski definition) is 0. The molecule has 38 heavy (non-hydrogen) atoms. The molecule has 0 spiro atoms. The Morgan fingerprint density at radius 1 is 1.00 bits per heavy atom. The first-order valence-corrected chi connectivity index (χ1v) is 11.6. The van der Waals surface area contributed by atoms with Gasteiger partial charge in [-0.1, -0.05) is 5.21 Å². The molecule has 12 heteroatoms. The Labute approximate surface area is 217 Å². The van der Waals surface area contributed by atoms with Crippen molar-refractivity contribution < 1.29 is 33.3 Å². The average molecular weight is 520 g/mol. The van der Waals surface area contributed by atoms with Crippen molar-refractivity contribution in [2.75, 3.05) is 21.3 Å². The van der Waals surface area contributed by atoms with Gasteiger partial charge in [0, 0.05) is 49.3 Å². The van der Waals surface area contributed by atoms with Crippen LogP contribution in [0.5, 0.6) is 17.2 Å². The topological polar surface area (TPSA) is 129 Å². The zero-order chi connectivity index (χ0) is 27.0. The molecular weight excluding hydrogens is 494 g/mol. The SMILES string of the molecule is COc1cc(-n2cc(Cn3cc(C=C4C(=O)OC(C)(C)OC4=O)c4cccnc43)nn2)cc(OC)c1OC. The highest BCUT2D eigenvalue weighted by Gasteiger charge is 2.39. The molecule has 5 rings (SSSR count). The lowest BCUT2D eigenvalue weighted by atomic mass is 10.1. The number of cyclic esters (lactones) is 2. The number of ether oxygens (including phenoxy) is 5. The van der Waals surface area contributed by atoms with Gasteiger partial charge >= 0.3 is 11.9 Å². The number of nitrogens with zero attached hydrogens (tertiary/aromatic N) is 5. The van der Waals surface area contributed by atoms with Crippen molar-refractivity contribution >= 4 is 29.0 Å². The molecule has 1 saturated heterocycles. The minimum absolute atomic E-state index is 0.194. The van der Waals surface area contributed by atoms with Gasteiger partial charge in [0.15, 0.2) is 11.5 Å². The van der Waals surface area contributed by atoms with Gasteiger partial charge in [0.2, 0.25) is 5.75 Å². The van der Waals surface area contributed by atoms with Crippen LogP contribution in [0.2, 0.25) is 0 Å². The molecule has 0 unspecified atom stereocenters. The first kappa shape index (κ1) is 24.8. The zero-order valence-electron chi connectivity index (χ0n) is 21.4. The van der Waals surface area contributed by atoms with E-state index in [2.05, 4.69) is 15.3 Å². The molecule has 0 N–H and O–H groups in total. The summed E-state index contributed by atoms with van der Waals surface area (Å²) in [4.78, 5) is 29.4. The number of carbonyl (C=O) groups is 2. The Morgan fingerprint density at radius 2 is 1.68 bits per heavy atom. The molecule has 1 aliphatic rings. The molecular formula is C26H25N5O7. The summed E-state index contributed by atoms with van der Waals surface area (Å²) < 4.78 is 30.1. The van der Waals surface area contributed by atoms with E-state index in [0.717, 1.165) is 5.39 Å². The van der Waals surface area contributed by atoms with Gasteiger partial charge in [-0.15, -0.1) is 5.10 Å². The van der Waals surface area contributed by atoms with Crippen LogP contribution >= 0.6 is 0 Å². The smallest absolute Gasteiger partial charge is 0.348 e. The molecule has 1 fully saturated rings. The van der Waals surface area contributed by atoms with Gasteiger partial charge in [-0.2, -0.15) is 0 Å². The number of hydrogen-bond acceptors (Lipinski definition) is 10. The predicted octanol–water partition coefficient (Wildman–Crippen LogP) is 2.91. The number of esters is 2. The highest BCUT2D eigenvalue weighted by Crippen LogP contribution is 2.39. The molecule has 0 saturated carbocycles. The van der Waals surface area contributed by atoms with Crippen LogP contribution in [0.1, 0.15) is 25.1 Å². The quantitative estimate of drug-likeness (QED) is 0.204. The van der Waals surface area contributed by atoms with Crippen LogP contribution in [0.3, 0.4) is 0 Å². The third-order valence-corrected chi connectivity index (χ3v) is 5.87.